The van der Waals surface area contributed by atoms with Crippen LogP contribution in [0.4, 0.5) is 0 Å². The number of hydrogen-bond acceptors (Lipinski definition) is 11. The van der Waals surface area contributed by atoms with Crippen LogP contribution in [0.2, 0.25) is 0 Å². The van der Waals surface area contributed by atoms with Crippen LogP contribution in [0.3, 0.4) is 0 Å². The van der Waals surface area contributed by atoms with Gasteiger partial charge in [0, 0.05) is 38.0 Å². The Kier molecular flexibility index (Phi) is 20.3. The molecule has 0 saturated heterocycles. The minimum atomic E-state index is -0.956. The minimum absolute atomic E-state index is 0.0155. The van der Waals surface area contributed by atoms with Crippen molar-refractivity contribution in [3.63, 3.8) is 0 Å². The Morgan fingerprint density at radius 2 is 0.842 bits per heavy atom. The molecule has 11 nitrogen and oxygen atoms in total. The van der Waals surface area contributed by atoms with Crippen molar-refractivity contribution in [1.29, 1.82) is 0 Å². The zero-order chi connectivity index (χ0) is 28.8. The van der Waals surface area contributed by atoms with E-state index in [4.69, 9.17) is 23.7 Å². The lowest BCUT2D eigenvalue weighted by Gasteiger charge is -2.18. The van der Waals surface area contributed by atoms with Crippen molar-refractivity contribution in [3.8, 4) is 0 Å². The number of rotatable bonds is 22. The zero-order valence-corrected chi connectivity index (χ0v) is 23.3. The average molecular weight is 545 g/mol. The second-order valence-corrected chi connectivity index (χ2v) is 8.95. The van der Waals surface area contributed by atoms with E-state index in [0.717, 1.165) is 0 Å². The largest absolute Gasteiger partial charge is 0.465 e. The lowest BCUT2D eigenvalue weighted by atomic mass is 10.0. The molecular weight excluding hydrogens is 500 g/mol. The Labute approximate surface area is 225 Å². The van der Waals surface area contributed by atoms with E-state index in [0.29, 0.717) is 32.1 Å². The van der Waals surface area contributed by atoms with Crippen LogP contribution < -0.4 is 0 Å². The zero-order valence-electron chi connectivity index (χ0n) is 23.3. The van der Waals surface area contributed by atoms with E-state index in [-0.39, 0.29) is 76.7 Å². The summed E-state index contributed by atoms with van der Waals surface area (Å²) < 4.78 is 25.8. The molecule has 218 valence electrons. The summed E-state index contributed by atoms with van der Waals surface area (Å²) in [6, 6.07) is 0. The predicted molar refractivity (Wildman–Crippen MR) is 136 cm³/mol. The van der Waals surface area contributed by atoms with Gasteiger partial charge >= 0.3 is 29.8 Å². The van der Waals surface area contributed by atoms with Crippen molar-refractivity contribution in [1.82, 2.24) is 0 Å². The summed E-state index contributed by atoms with van der Waals surface area (Å²) in [4.78, 5) is 71.4. The molecule has 2 unspecified atom stereocenters. The van der Waals surface area contributed by atoms with Crippen molar-refractivity contribution < 1.29 is 52.5 Å². The molecule has 0 rings (SSSR count). The Hall–Kier alpha value is -2.98. The van der Waals surface area contributed by atoms with Crippen LogP contribution >= 0.6 is 0 Å². The van der Waals surface area contributed by atoms with Crippen LogP contribution in [0.1, 0.15) is 98.3 Å². The van der Waals surface area contributed by atoms with Crippen molar-refractivity contribution >= 4 is 35.6 Å². The SMILES string of the molecule is CCCC(=O)CC(COC(=O)CCC)COC(=O)CCC(=O)OCC(COC(=O)CCC)OC(=O)CCC. The molecule has 0 spiro atoms. The maximum Gasteiger partial charge on any atom is 0.306 e. The fourth-order valence-electron chi connectivity index (χ4n) is 3.13. The van der Waals surface area contributed by atoms with Crippen LogP contribution in [0.25, 0.3) is 0 Å². The van der Waals surface area contributed by atoms with E-state index in [1.807, 2.05) is 20.8 Å². The molecule has 0 aliphatic carbocycles. The van der Waals surface area contributed by atoms with Gasteiger partial charge in [-0.2, -0.15) is 0 Å². The second kappa shape index (κ2) is 22.0. The van der Waals surface area contributed by atoms with Crippen LogP contribution in [-0.4, -0.2) is 68.2 Å². The number of hydrogen-bond donors (Lipinski definition) is 0. The first-order chi connectivity index (χ1) is 18.1. The number of ketones is 1. The van der Waals surface area contributed by atoms with Gasteiger partial charge in [0.15, 0.2) is 6.10 Å². The monoisotopic (exact) mass is 544 g/mol. The molecule has 0 aliphatic rings. The highest BCUT2D eigenvalue weighted by molar-refractivity contribution is 5.79. The van der Waals surface area contributed by atoms with Gasteiger partial charge in [0.05, 0.1) is 26.1 Å². The molecule has 0 heterocycles. The van der Waals surface area contributed by atoms with Gasteiger partial charge in [-0.25, -0.2) is 0 Å². The second-order valence-electron chi connectivity index (χ2n) is 8.95. The molecule has 0 amide bonds. The summed E-state index contributed by atoms with van der Waals surface area (Å²) in [5.74, 6) is -3.22. The topological polar surface area (TPSA) is 149 Å². The van der Waals surface area contributed by atoms with E-state index < -0.39 is 35.9 Å². The van der Waals surface area contributed by atoms with Gasteiger partial charge in [0.1, 0.15) is 19.0 Å². The van der Waals surface area contributed by atoms with E-state index >= 15 is 0 Å². The van der Waals surface area contributed by atoms with Crippen molar-refractivity contribution in [2.45, 2.75) is 104 Å². The number of ether oxygens (including phenoxy) is 5. The van der Waals surface area contributed by atoms with E-state index in [1.54, 1.807) is 6.92 Å². The molecule has 0 saturated carbocycles. The Bertz CT molecular complexity index is 685. The predicted octanol–water partition coefficient (Wildman–Crippen LogP) is 3.63. The third-order valence-corrected chi connectivity index (χ3v) is 5.06. The van der Waals surface area contributed by atoms with Crippen molar-refractivity contribution in [2.24, 2.45) is 5.92 Å². The highest BCUT2D eigenvalue weighted by atomic mass is 16.6. The van der Waals surface area contributed by atoms with Crippen LogP contribution in [0.5, 0.6) is 0 Å². The van der Waals surface area contributed by atoms with Gasteiger partial charge in [-0.1, -0.05) is 27.7 Å². The Balaban J connectivity index is 4.64. The maximum absolute atomic E-state index is 12.1. The Morgan fingerprint density at radius 3 is 1.26 bits per heavy atom. The molecule has 2 atom stereocenters. The summed E-state index contributed by atoms with van der Waals surface area (Å²) in [6.45, 7) is 6.62. The number of carbonyl (C=O) groups excluding carboxylic acids is 6. The summed E-state index contributed by atoms with van der Waals surface area (Å²) in [5, 5.41) is 0. The molecule has 0 aliphatic heterocycles. The maximum atomic E-state index is 12.1. The van der Waals surface area contributed by atoms with Gasteiger partial charge in [0.2, 0.25) is 0 Å². The van der Waals surface area contributed by atoms with Crippen LogP contribution in [0.15, 0.2) is 0 Å². The molecule has 0 fully saturated rings. The smallest absolute Gasteiger partial charge is 0.306 e. The first-order valence-electron chi connectivity index (χ1n) is 13.5. The average Bonchev–Trinajstić information content (AvgIpc) is 2.86. The molecule has 0 N–H and O–H groups in total. The van der Waals surface area contributed by atoms with Crippen LogP contribution in [0, 0.1) is 5.92 Å². The van der Waals surface area contributed by atoms with Gasteiger partial charge in [-0.15, -0.1) is 0 Å². The molecule has 0 radical (unpaired) electrons. The summed E-state index contributed by atoms with van der Waals surface area (Å²) in [6.07, 6.45) is 2.12. The first-order valence-corrected chi connectivity index (χ1v) is 13.5. The van der Waals surface area contributed by atoms with E-state index in [9.17, 15) is 28.8 Å². The Morgan fingerprint density at radius 1 is 0.474 bits per heavy atom. The van der Waals surface area contributed by atoms with Crippen LogP contribution in [-0.2, 0) is 52.5 Å². The lowest BCUT2D eigenvalue weighted by molar-refractivity contribution is -0.167. The minimum Gasteiger partial charge on any atom is -0.465 e. The normalized spacial score (nSPS) is 12.1. The van der Waals surface area contributed by atoms with Gasteiger partial charge < -0.3 is 23.7 Å². The fraction of sp³-hybridized carbons (Fsp3) is 0.778. The molecule has 0 bridgehead atoms. The first kappa shape index (κ1) is 35.0. The number of carbonyl (C=O) groups is 6. The van der Waals surface area contributed by atoms with Crippen molar-refractivity contribution in [2.75, 3.05) is 26.4 Å². The van der Waals surface area contributed by atoms with Crippen molar-refractivity contribution in [3.05, 3.63) is 0 Å². The third kappa shape index (κ3) is 19.2. The molecular formula is C27H44O11. The standard InChI is InChI=1S/C27H44O11/c1-5-9-21(28)15-20(16-34-23(29)10-6-2)17-35-25(31)13-14-26(32)37-19-22(38-27(33)12-8-4)18-36-24(30)11-7-3/h20,22H,5-19H2,1-4H3. The lowest BCUT2D eigenvalue weighted by Crippen LogP contribution is -2.31. The summed E-state index contributed by atoms with van der Waals surface area (Å²) in [5.41, 5.74) is 0. The molecule has 0 aromatic rings. The van der Waals surface area contributed by atoms with E-state index in [1.165, 1.54) is 0 Å². The quantitative estimate of drug-likeness (QED) is 0.145. The molecule has 0 aromatic heterocycles. The summed E-state index contributed by atoms with van der Waals surface area (Å²) >= 11 is 0. The van der Waals surface area contributed by atoms with E-state index in [2.05, 4.69) is 0 Å². The molecule has 11 heteroatoms. The molecule has 0 aromatic carbocycles. The van der Waals surface area contributed by atoms with Gasteiger partial charge in [0.25, 0.3) is 0 Å². The molecule has 38 heavy (non-hydrogen) atoms. The highest BCUT2D eigenvalue weighted by Crippen LogP contribution is 2.11. The summed E-state index contributed by atoms with van der Waals surface area (Å²) in [7, 11) is 0. The third-order valence-electron chi connectivity index (χ3n) is 5.06. The highest BCUT2D eigenvalue weighted by Gasteiger charge is 2.21. The fourth-order valence-corrected chi connectivity index (χ4v) is 3.13. The van der Waals surface area contributed by atoms with Gasteiger partial charge in [-0.05, 0) is 25.7 Å². The number of esters is 5. The van der Waals surface area contributed by atoms with Gasteiger partial charge in [-0.3, -0.25) is 28.8 Å². The number of Topliss-reactive ketones (excluding diaryl/α,β-unsaturated/α-hetero) is 1.